The Hall–Kier alpha value is -4.57. The third-order valence-corrected chi connectivity index (χ3v) is 6.34. The summed E-state index contributed by atoms with van der Waals surface area (Å²) in [5.74, 6) is 0.219. The number of aryl methyl sites for hydroxylation is 1. The second-order valence-corrected chi connectivity index (χ2v) is 8.95. The molecule has 0 spiro atoms. The predicted octanol–water partition coefficient (Wildman–Crippen LogP) is 4.81. The second-order valence-electron chi connectivity index (χ2n) is 8.00. The fraction of sp³-hybridized carbons (Fsp3) is 0.0741. The monoisotopic (exact) mass is 511 g/mol. The van der Waals surface area contributed by atoms with Crippen LogP contribution in [-0.2, 0) is 4.79 Å². The van der Waals surface area contributed by atoms with Crippen LogP contribution in [-0.4, -0.2) is 42.4 Å². The van der Waals surface area contributed by atoms with Crippen molar-refractivity contribution in [1.29, 1.82) is 0 Å². The zero-order valence-corrected chi connectivity index (χ0v) is 20.6. The number of para-hydroxylation sites is 2. The van der Waals surface area contributed by atoms with Crippen LogP contribution >= 0.6 is 11.8 Å². The number of hydrogen-bond acceptors (Lipinski definition) is 6. The van der Waals surface area contributed by atoms with Gasteiger partial charge in [0, 0.05) is 23.0 Å². The van der Waals surface area contributed by atoms with Crippen LogP contribution < -0.4 is 5.43 Å². The highest BCUT2D eigenvalue weighted by atomic mass is 32.2. The number of nitrogens with zero attached hydrogens (tertiary/aromatic N) is 6. The van der Waals surface area contributed by atoms with Crippen molar-refractivity contribution in [2.45, 2.75) is 12.1 Å². The van der Waals surface area contributed by atoms with Gasteiger partial charge in [0.25, 0.3) is 5.91 Å². The molecule has 5 rings (SSSR count). The largest absolute Gasteiger partial charge is 0.274 e. The Balaban J connectivity index is 1.30. The maximum absolute atomic E-state index is 13.5. The third kappa shape index (κ3) is 5.65. The first-order valence-electron chi connectivity index (χ1n) is 11.4. The van der Waals surface area contributed by atoms with Gasteiger partial charge in [0.2, 0.25) is 0 Å². The van der Waals surface area contributed by atoms with E-state index in [4.69, 9.17) is 0 Å². The fourth-order valence-corrected chi connectivity index (χ4v) is 4.46. The lowest BCUT2D eigenvalue weighted by atomic mass is 10.1. The first-order chi connectivity index (χ1) is 18.1. The first-order valence-corrected chi connectivity index (χ1v) is 12.4. The average molecular weight is 512 g/mol. The summed E-state index contributed by atoms with van der Waals surface area (Å²) in [5.41, 5.74) is 6.36. The van der Waals surface area contributed by atoms with Crippen molar-refractivity contribution in [3.63, 3.8) is 0 Å². The van der Waals surface area contributed by atoms with Gasteiger partial charge in [-0.1, -0.05) is 48.2 Å². The molecule has 5 aromatic rings. The van der Waals surface area contributed by atoms with E-state index in [1.54, 1.807) is 16.8 Å². The lowest BCUT2D eigenvalue weighted by Gasteiger charge is -2.07. The Bertz CT molecular complexity index is 1530. The van der Waals surface area contributed by atoms with Gasteiger partial charge in [-0.3, -0.25) is 9.36 Å². The molecule has 37 heavy (non-hydrogen) atoms. The molecule has 2 heterocycles. The molecule has 0 radical (unpaired) electrons. The number of carbonyl (C=O) groups is 1. The lowest BCUT2D eigenvalue weighted by Crippen LogP contribution is -2.20. The van der Waals surface area contributed by atoms with Gasteiger partial charge in [0.05, 0.1) is 17.7 Å². The van der Waals surface area contributed by atoms with Crippen molar-refractivity contribution in [1.82, 2.24) is 30.0 Å². The lowest BCUT2D eigenvalue weighted by molar-refractivity contribution is -0.118. The van der Waals surface area contributed by atoms with Crippen LogP contribution in [0.4, 0.5) is 4.39 Å². The fourth-order valence-electron chi connectivity index (χ4n) is 3.67. The molecule has 0 fully saturated rings. The van der Waals surface area contributed by atoms with E-state index in [1.807, 2.05) is 78.4 Å². The maximum Gasteiger partial charge on any atom is 0.250 e. The van der Waals surface area contributed by atoms with Crippen molar-refractivity contribution in [2.24, 2.45) is 5.10 Å². The van der Waals surface area contributed by atoms with Gasteiger partial charge in [-0.05, 0) is 55.5 Å². The standard InChI is InChI=1S/C27H22FN7OS/c1-19-30-32-27(35(19)24-10-6-3-7-11-24)37-18-25(36)31-29-16-21-17-34(23-8-4-2-5-9-23)33-26(21)20-12-14-22(28)15-13-20/h2-17H,18H2,1H3,(H,31,36)/b29-16-. The topological polar surface area (TPSA) is 90.0 Å². The van der Waals surface area contributed by atoms with Crippen molar-refractivity contribution in [3.05, 3.63) is 108 Å². The zero-order chi connectivity index (χ0) is 25.6. The molecule has 1 amide bonds. The minimum Gasteiger partial charge on any atom is -0.274 e. The van der Waals surface area contributed by atoms with E-state index < -0.39 is 0 Å². The molecule has 0 saturated carbocycles. The van der Waals surface area contributed by atoms with E-state index in [-0.39, 0.29) is 17.5 Å². The summed E-state index contributed by atoms with van der Waals surface area (Å²) in [5, 5.41) is 17.8. The molecule has 0 aliphatic rings. The molecule has 2 aromatic heterocycles. The minimum absolute atomic E-state index is 0.108. The maximum atomic E-state index is 13.5. The zero-order valence-electron chi connectivity index (χ0n) is 19.8. The number of aromatic nitrogens is 5. The minimum atomic E-state index is -0.329. The summed E-state index contributed by atoms with van der Waals surface area (Å²) >= 11 is 1.27. The van der Waals surface area contributed by atoms with Crippen molar-refractivity contribution >= 4 is 23.9 Å². The van der Waals surface area contributed by atoms with Gasteiger partial charge in [-0.25, -0.2) is 14.5 Å². The Morgan fingerprint density at radius 1 is 0.973 bits per heavy atom. The van der Waals surface area contributed by atoms with Crippen molar-refractivity contribution < 1.29 is 9.18 Å². The van der Waals surface area contributed by atoms with Crippen LogP contribution in [0.5, 0.6) is 0 Å². The first kappa shape index (κ1) is 24.1. The van der Waals surface area contributed by atoms with Gasteiger partial charge in [-0.15, -0.1) is 10.2 Å². The summed E-state index contributed by atoms with van der Waals surface area (Å²) < 4.78 is 17.1. The summed E-state index contributed by atoms with van der Waals surface area (Å²) in [6.07, 6.45) is 3.34. The highest BCUT2D eigenvalue weighted by Gasteiger charge is 2.14. The number of thioether (sulfide) groups is 1. The summed E-state index contributed by atoms with van der Waals surface area (Å²) in [7, 11) is 0. The number of hydrogen-bond donors (Lipinski definition) is 1. The van der Waals surface area contributed by atoms with Gasteiger partial charge in [0.1, 0.15) is 17.3 Å². The number of rotatable bonds is 8. The second kappa shape index (κ2) is 11.0. The van der Waals surface area contributed by atoms with Crippen molar-refractivity contribution in [3.8, 4) is 22.6 Å². The molecule has 8 nitrogen and oxygen atoms in total. The number of benzene rings is 3. The summed E-state index contributed by atoms with van der Waals surface area (Å²) in [4.78, 5) is 12.5. The molecule has 184 valence electrons. The summed E-state index contributed by atoms with van der Waals surface area (Å²) in [6, 6.07) is 25.4. The Labute approximate surface area is 216 Å². The predicted molar refractivity (Wildman–Crippen MR) is 142 cm³/mol. The van der Waals surface area contributed by atoms with Gasteiger partial charge < -0.3 is 0 Å². The van der Waals surface area contributed by atoms with E-state index in [0.29, 0.717) is 16.4 Å². The van der Waals surface area contributed by atoms with Crippen LogP contribution in [0.3, 0.4) is 0 Å². The van der Waals surface area contributed by atoms with E-state index in [0.717, 1.165) is 22.8 Å². The number of hydrazone groups is 1. The molecule has 0 aliphatic heterocycles. The molecule has 0 aliphatic carbocycles. The Kier molecular flexibility index (Phi) is 7.18. The number of halogens is 1. The van der Waals surface area contributed by atoms with Gasteiger partial charge >= 0.3 is 0 Å². The van der Waals surface area contributed by atoms with E-state index in [2.05, 4.69) is 25.8 Å². The highest BCUT2D eigenvalue weighted by Crippen LogP contribution is 2.24. The number of amides is 1. The molecular formula is C27H22FN7OS. The molecule has 0 unspecified atom stereocenters. The van der Waals surface area contributed by atoms with Crippen LogP contribution in [0.15, 0.2) is 101 Å². The average Bonchev–Trinajstić information content (AvgIpc) is 3.52. The SMILES string of the molecule is Cc1nnc(SCC(=O)N/N=C\c2cn(-c3ccccc3)nc2-c2ccc(F)cc2)n1-c1ccccc1. The van der Waals surface area contributed by atoms with Crippen LogP contribution in [0, 0.1) is 12.7 Å². The van der Waals surface area contributed by atoms with E-state index in [9.17, 15) is 9.18 Å². The third-order valence-electron chi connectivity index (χ3n) is 5.42. The van der Waals surface area contributed by atoms with Crippen LogP contribution in [0.2, 0.25) is 0 Å². The van der Waals surface area contributed by atoms with E-state index >= 15 is 0 Å². The van der Waals surface area contributed by atoms with E-state index in [1.165, 1.54) is 30.1 Å². The number of carbonyl (C=O) groups excluding carboxylic acids is 1. The molecule has 0 atom stereocenters. The van der Waals surface area contributed by atoms with Gasteiger partial charge in [-0.2, -0.15) is 10.2 Å². The molecule has 0 saturated heterocycles. The normalized spacial score (nSPS) is 11.2. The van der Waals surface area contributed by atoms with Gasteiger partial charge in [0.15, 0.2) is 5.16 Å². The Morgan fingerprint density at radius 3 is 2.35 bits per heavy atom. The molecule has 0 bridgehead atoms. The van der Waals surface area contributed by atoms with Crippen LogP contribution in [0.1, 0.15) is 11.4 Å². The molecule has 3 aromatic carbocycles. The Morgan fingerprint density at radius 2 is 1.65 bits per heavy atom. The van der Waals surface area contributed by atoms with Crippen LogP contribution in [0.25, 0.3) is 22.6 Å². The molecule has 1 N–H and O–H groups in total. The summed E-state index contributed by atoms with van der Waals surface area (Å²) in [6.45, 7) is 1.86. The van der Waals surface area contributed by atoms with Crippen molar-refractivity contribution in [2.75, 3.05) is 5.75 Å². The highest BCUT2D eigenvalue weighted by molar-refractivity contribution is 7.99. The smallest absolute Gasteiger partial charge is 0.250 e. The number of nitrogens with one attached hydrogen (secondary N) is 1. The quantitative estimate of drug-likeness (QED) is 0.183. The molecular weight excluding hydrogens is 489 g/mol. The molecule has 10 heteroatoms.